The molecule has 4 nitrogen and oxygen atoms in total. The highest BCUT2D eigenvalue weighted by Crippen LogP contribution is 2.37. The van der Waals surface area contributed by atoms with E-state index in [1.807, 2.05) is 5.32 Å². The maximum absolute atomic E-state index is 12.8. The molecular weight excluding hydrogens is 435 g/mol. The van der Waals surface area contributed by atoms with Gasteiger partial charge in [-0.25, -0.2) is 4.79 Å². The number of rotatable bonds is 4. The van der Waals surface area contributed by atoms with Crippen molar-refractivity contribution in [1.29, 1.82) is 0 Å². The lowest BCUT2D eigenvalue weighted by Crippen LogP contribution is -2.28. The fourth-order valence-corrected chi connectivity index (χ4v) is 2.24. The maximum Gasteiger partial charge on any atom is 0.573 e. The first-order chi connectivity index (χ1) is 13.6. The predicted molar refractivity (Wildman–Crippen MR) is 85.4 cm³/mol. The van der Waals surface area contributed by atoms with Crippen molar-refractivity contribution in [3.63, 3.8) is 0 Å². The van der Waals surface area contributed by atoms with E-state index in [4.69, 9.17) is 0 Å². The second-order valence-electron chi connectivity index (χ2n) is 5.80. The Morgan fingerprint density at radius 3 is 1.90 bits per heavy atom. The third-order valence-electron chi connectivity index (χ3n) is 3.43. The number of amides is 2. The summed E-state index contributed by atoms with van der Waals surface area (Å²) < 4.78 is 117. The molecule has 0 fully saturated rings. The number of benzene rings is 2. The predicted octanol–water partition coefficient (Wildman–Crippen LogP) is 5.94. The fourth-order valence-electron chi connectivity index (χ4n) is 2.24. The van der Waals surface area contributed by atoms with E-state index in [1.165, 1.54) is 12.1 Å². The molecule has 0 spiro atoms. The highest BCUT2D eigenvalue weighted by atomic mass is 19.4. The number of urea groups is 1. The Labute approximate surface area is 162 Å². The van der Waals surface area contributed by atoms with Gasteiger partial charge in [-0.15, -0.1) is 13.2 Å². The van der Waals surface area contributed by atoms with E-state index in [-0.39, 0.29) is 18.2 Å². The Bertz CT molecular complexity index is 873. The number of carbonyl (C=O) groups is 1. The van der Waals surface area contributed by atoms with Crippen LogP contribution in [0.3, 0.4) is 0 Å². The number of carbonyl (C=O) groups excluding carboxylic acids is 1. The number of halogens is 9. The highest BCUT2D eigenvalue weighted by molar-refractivity contribution is 5.89. The Hall–Kier alpha value is -3.12. The zero-order valence-corrected chi connectivity index (χ0v) is 14.5. The standard InChI is InChI=1S/C17H11F9N2O2/c18-15(19,20)10-5-11(16(21,22)23)7-12(6-10)28-14(29)27-8-9-2-1-3-13(4-9)30-17(24,25)26/h1-7H,8H2,(H2,27,28,29). The van der Waals surface area contributed by atoms with E-state index in [1.54, 1.807) is 0 Å². The first-order valence-corrected chi connectivity index (χ1v) is 7.82. The van der Waals surface area contributed by atoms with E-state index in [9.17, 15) is 44.3 Å². The summed E-state index contributed by atoms with van der Waals surface area (Å²) in [6, 6.07) is 3.80. The van der Waals surface area contributed by atoms with Gasteiger partial charge in [0.1, 0.15) is 5.75 Å². The number of alkyl halides is 9. The van der Waals surface area contributed by atoms with E-state index < -0.39 is 47.3 Å². The molecule has 0 unspecified atom stereocenters. The Balaban J connectivity index is 2.10. The van der Waals surface area contributed by atoms with Crippen LogP contribution in [0.1, 0.15) is 16.7 Å². The fraction of sp³-hybridized carbons (Fsp3) is 0.235. The van der Waals surface area contributed by atoms with Gasteiger partial charge in [-0.1, -0.05) is 12.1 Å². The molecule has 0 heterocycles. The van der Waals surface area contributed by atoms with Crippen LogP contribution in [0.2, 0.25) is 0 Å². The van der Waals surface area contributed by atoms with Crippen LogP contribution in [0, 0.1) is 0 Å². The van der Waals surface area contributed by atoms with Gasteiger partial charge in [0.25, 0.3) is 0 Å². The summed E-state index contributed by atoms with van der Waals surface area (Å²) in [6.45, 7) is -0.383. The normalized spacial score (nSPS) is 12.4. The van der Waals surface area contributed by atoms with Crippen molar-refractivity contribution >= 4 is 11.7 Å². The molecule has 0 radical (unpaired) electrons. The average Bonchev–Trinajstić information content (AvgIpc) is 2.57. The molecule has 0 bridgehead atoms. The molecule has 0 saturated heterocycles. The summed E-state index contributed by atoms with van der Waals surface area (Å²) in [4.78, 5) is 11.8. The van der Waals surface area contributed by atoms with E-state index in [0.717, 1.165) is 12.1 Å². The lowest BCUT2D eigenvalue weighted by molar-refractivity contribution is -0.274. The number of anilines is 1. The van der Waals surface area contributed by atoms with Crippen LogP contribution < -0.4 is 15.4 Å². The molecule has 2 N–H and O–H groups in total. The SMILES string of the molecule is O=C(NCc1cccc(OC(F)(F)F)c1)Nc1cc(C(F)(F)F)cc(C(F)(F)F)c1. The summed E-state index contributed by atoms with van der Waals surface area (Å²) in [7, 11) is 0. The van der Waals surface area contributed by atoms with Crippen molar-refractivity contribution in [3.05, 3.63) is 59.2 Å². The van der Waals surface area contributed by atoms with Crippen LogP contribution in [-0.4, -0.2) is 12.4 Å². The monoisotopic (exact) mass is 446 g/mol. The van der Waals surface area contributed by atoms with Gasteiger partial charge in [0, 0.05) is 12.2 Å². The summed E-state index contributed by atoms with van der Waals surface area (Å²) in [6.07, 6.45) is -15.1. The molecule has 2 rings (SSSR count). The second kappa shape index (κ2) is 8.32. The highest BCUT2D eigenvalue weighted by Gasteiger charge is 2.37. The molecule has 0 aliphatic rings. The molecule has 0 saturated carbocycles. The molecule has 2 aromatic rings. The van der Waals surface area contributed by atoms with Crippen molar-refractivity contribution in [2.75, 3.05) is 5.32 Å². The van der Waals surface area contributed by atoms with Crippen LogP contribution in [-0.2, 0) is 18.9 Å². The van der Waals surface area contributed by atoms with E-state index >= 15 is 0 Å². The lowest BCUT2D eigenvalue weighted by atomic mass is 10.1. The third kappa shape index (κ3) is 7.04. The number of nitrogens with one attached hydrogen (secondary N) is 2. The molecule has 30 heavy (non-hydrogen) atoms. The van der Waals surface area contributed by atoms with Gasteiger partial charge in [-0.05, 0) is 35.9 Å². The zero-order chi connectivity index (χ0) is 22.7. The van der Waals surface area contributed by atoms with Crippen molar-refractivity contribution in [2.45, 2.75) is 25.3 Å². The van der Waals surface area contributed by atoms with Crippen molar-refractivity contribution in [1.82, 2.24) is 5.32 Å². The van der Waals surface area contributed by atoms with Gasteiger partial charge in [0.05, 0.1) is 11.1 Å². The van der Waals surface area contributed by atoms with Crippen molar-refractivity contribution < 1.29 is 49.0 Å². The van der Waals surface area contributed by atoms with Crippen LogP contribution in [0.5, 0.6) is 5.75 Å². The van der Waals surface area contributed by atoms with Gasteiger partial charge >= 0.3 is 24.7 Å². The minimum absolute atomic E-state index is 0.102. The number of ether oxygens (including phenoxy) is 1. The maximum atomic E-state index is 12.8. The Morgan fingerprint density at radius 2 is 1.40 bits per heavy atom. The number of hydrogen-bond donors (Lipinski definition) is 2. The molecule has 2 amide bonds. The number of hydrogen-bond acceptors (Lipinski definition) is 2. The summed E-state index contributed by atoms with van der Waals surface area (Å²) >= 11 is 0. The summed E-state index contributed by atoms with van der Waals surface area (Å²) in [5.41, 5.74) is -3.88. The molecule has 0 aromatic heterocycles. The van der Waals surface area contributed by atoms with E-state index in [0.29, 0.717) is 12.1 Å². The zero-order valence-electron chi connectivity index (χ0n) is 14.5. The first kappa shape index (κ1) is 23.2. The molecule has 0 aliphatic heterocycles. The average molecular weight is 446 g/mol. The molecule has 2 aromatic carbocycles. The minimum Gasteiger partial charge on any atom is -0.406 e. The molecular formula is C17H11F9N2O2. The summed E-state index contributed by atoms with van der Waals surface area (Å²) in [5.74, 6) is -0.574. The minimum atomic E-state index is -5.09. The molecule has 164 valence electrons. The van der Waals surface area contributed by atoms with E-state index in [2.05, 4.69) is 10.1 Å². The van der Waals surface area contributed by atoms with Crippen LogP contribution >= 0.6 is 0 Å². The van der Waals surface area contributed by atoms with Crippen LogP contribution in [0.4, 0.5) is 50.0 Å². The first-order valence-electron chi connectivity index (χ1n) is 7.82. The Morgan fingerprint density at radius 1 is 0.833 bits per heavy atom. The van der Waals surface area contributed by atoms with Gasteiger partial charge < -0.3 is 15.4 Å². The van der Waals surface area contributed by atoms with Crippen molar-refractivity contribution in [3.8, 4) is 5.75 Å². The molecule has 13 heteroatoms. The molecule has 0 aliphatic carbocycles. The Kier molecular flexibility index (Phi) is 6.42. The van der Waals surface area contributed by atoms with Gasteiger partial charge in [-0.3, -0.25) is 0 Å². The topological polar surface area (TPSA) is 50.4 Å². The largest absolute Gasteiger partial charge is 0.573 e. The van der Waals surface area contributed by atoms with Crippen LogP contribution in [0.15, 0.2) is 42.5 Å². The van der Waals surface area contributed by atoms with Gasteiger partial charge in [0.15, 0.2) is 0 Å². The van der Waals surface area contributed by atoms with Gasteiger partial charge in [-0.2, -0.15) is 26.3 Å². The lowest BCUT2D eigenvalue weighted by Gasteiger charge is -2.15. The quantitative estimate of drug-likeness (QED) is 0.571. The van der Waals surface area contributed by atoms with Gasteiger partial charge in [0.2, 0.25) is 0 Å². The van der Waals surface area contributed by atoms with Crippen molar-refractivity contribution in [2.24, 2.45) is 0 Å². The molecule has 0 atom stereocenters. The third-order valence-corrected chi connectivity index (χ3v) is 3.43. The summed E-state index contributed by atoms with van der Waals surface area (Å²) in [5, 5.41) is 3.93. The second-order valence-corrected chi connectivity index (χ2v) is 5.80. The van der Waals surface area contributed by atoms with Crippen LogP contribution in [0.25, 0.3) is 0 Å². The smallest absolute Gasteiger partial charge is 0.406 e.